The van der Waals surface area contributed by atoms with E-state index >= 15 is 0 Å². The Balaban J connectivity index is 1.52. The molecule has 1 atom stereocenters. The average Bonchev–Trinajstić information content (AvgIpc) is 3.47. The Hall–Kier alpha value is -3.50. The third kappa shape index (κ3) is 3.28. The normalized spacial score (nSPS) is 14.9. The molecule has 1 saturated carbocycles. The summed E-state index contributed by atoms with van der Waals surface area (Å²) in [7, 11) is 0. The van der Waals surface area contributed by atoms with Crippen molar-refractivity contribution in [1.82, 2.24) is 24.8 Å². The molecule has 29 heavy (non-hydrogen) atoms. The number of nitrogens with zero attached hydrogens (tertiary/aromatic N) is 4. The summed E-state index contributed by atoms with van der Waals surface area (Å²) in [5.74, 6) is 1.20. The maximum Gasteiger partial charge on any atom is 0.256 e. The van der Waals surface area contributed by atoms with Crippen LogP contribution in [0.2, 0.25) is 0 Å². The number of aromatic amines is 1. The highest BCUT2D eigenvalue weighted by Crippen LogP contribution is 2.34. The van der Waals surface area contributed by atoms with Gasteiger partial charge in [-0.2, -0.15) is 5.26 Å². The van der Waals surface area contributed by atoms with Crippen molar-refractivity contribution >= 4 is 21.9 Å². The van der Waals surface area contributed by atoms with Crippen LogP contribution in [0.1, 0.15) is 24.8 Å². The van der Waals surface area contributed by atoms with E-state index in [1.54, 1.807) is 16.8 Å². The van der Waals surface area contributed by atoms with E-state index in [4.69, 9.17) is 5.26 Å². The van der Waals surface area contributed by atoms with E-state index in [1.807, 2.05) is 24.3 Å². The van der Waals surface area contributed by atoms with Crippen molar-refractivity contribution in [3.63, 3.8) is 0 Å². The molecule has 1 fully saturated rings. The molecule has 3 aromatic heterocycles. The smallest absolute Gasteiger partial charge is 0.256 e. The lowest BCUT2D eigenvalue weighted by atomic mass is 10.1. The van der Waals surface area contributed by atoms with E-state index in [-0.39, 0.29) is 11.6 Å². The molecule has 0 saturated heterocycles. The van der Waals surface area contributed by atoms with Crippen LogP contribution in [0.25, 0.3) is 27.8 Å². The summed E-state index contributed by atoms with van der Waals surface area (Å²) in [4.78, 5) is 24.4. The van der Waals surface area contributed by atoms with Gasteiger partial charge in [0.05, 0.1) is 23.4 Å². The predicted molar refractivity (Wildman–Crippen MR) is 111 cm³/mol. The first-order valence-electron chi connectivity index (χ1n) is 9.78. The summed E-state index contributed by atoms with van der Waals surface area (Å²) >= 11 is 0. The standard InChI is InChI=1S/C22H20N6O/c23-9-7-18(15-2-3-15)25-12-14-1-5-19-16(11-14)4-6-20(29)28(19)22-17-8-10-24-21(17)26-13-27-22/h1,4-6,8,10-11,13,15,18,25H,2-3,7,12H2,(H,24,26,27). The fourth-order valence-electron chi connectivity index (χ4n) is 3.91. The van der Waals surface area contributed by atoms with Crippen LogP contribution in [-0.2, 0) is 6.54 Å². The second-order valence-corrected chi connectivity index (χ2v) is 7.52. The summed E-state index contributed by atoms with van der Waals surface area (Å²) < 4.78 is 1.63. The number of nitriles is 1. The van der Waals surface area contributed by atoms with Gasteiger partial charge in [0.25, 0.3) is 5.56 Å². The molecule has 1 unspecified atom stereocenters. The number of H-pyrrole nitrogens is 1. The summed E-state index contributed by atoms with van der Waals surface area (Å²) in [6.45, 7) is 0.702. The molecular weight excluding hydrogens is 364 g/mol. The third-order valence-corrected chi connectivity index (χ3v) is 5.57. The number of pyridine rings is 1. The van der Waals surface area contributed by atoms with Gasteiger partial charge in [0, 0.05) is 24.8 Å². The molecule has 1 aliphatic rings. The highest BCUT2D eigenvalue weighted by atomic mass is 16.1. The van der Waals surface area contributed by atoms with Crippen LogP contribution in [0.4, 0.5) is 0 Å². The minimum absolute atomic E-state index is 0.132. The number of nitrogens with one attached hydrogen (secondary N) is 2. The molecule has 0 aliphatic heterocycles. The second-order valence-electron chi connectivity index (χ2n) is 7.52. The Morgan fingerprint density at radius 1 is 1.24 bits per heavy atom. The Kier molecular flexibility index (Phi) is 4.34. The van der Waals surface area contributed by atoms with Gasteiger partial charge >= 0.3 is 0 Å². The largest absolute Gasteiger partial charge is 0.346 e. The molecule has 3 heterocycles. The van der Waals surface area contributed by atoms with E-state index in [1.165, 1.54) is 19.2 Å². The predicted octanol–water partition coefficient (Wildman–Crippen LogP) is 3.04. The van der Waals surface area contributed by atoms with Gasteiger partial charge in [0.15, 0.2) is 5.82 Å². The van der Waals surface area contributed by atoms with Crippen molar-refractivity contribution < 1.29 is 0 Å². The lowest BCUT2D eigenvalue weighted by Crippen LogP contribution is -2.30. The molecule has 7 heteroatoms. The van der Waals surface area contributed by atoms with Crippen LogP contribution < -0.4 is 10.9 Å². The fourth-order valence-corrected chi connectivity index (χ4v) is 3.91. The lowest BCUT2D eigenvalue weighted by molar-refractivity contribution is 0.468. The van der Waals surface area contributed by atoms with Gasteiger partial charge in [0.2, 0.25) is 0 Å². The minimum Gasteiger partial charge on any atom is -0.346 e. The Morgan fingerprint density at radius 3 is 2.97 bits per heavy atom. The Bertz CT molecular complexity index is 1290. The molecule has 4 aromatic rings. The number of benzene rings is 1. The summed E-state index contributed by atoms with van der Waals surface area (Å²) in [5, 5.41) is 14.3. The quantitative estimate of drug-likeness (QED) is 0.532. The molecule has 1 aliphatic carbocycles. The van der Waals surface area contributed by atoms with Crippen LogP contribution in [0.15, 0.2) is 53.7 Å². The first kappa shape index (κ1) is 17.6. The zero-order chi connectivity index (χ0) is 19.8. The van der Waals surface area contributed by atoms with E-state index in [9.17, 15) is 4.79 Å². The lowest BCUT2D eigenvalue weighted by Gasteiger charge is -2.16. The van der Waals surface area contributed by atoms with Gasteiger partial charge in [-0.05, 0) is 54.0 Å². The molecule has 2 N–H and O–H groups in total. The minimum atomic E-state index is -0.132. The molecule has 7 nitrogen and oxygen atoms in total. The van der Waals surface area contributed by atoms with Crippen molar-refractivity contribution in [2.24, 2.45) is 5.92 Å². The zero-order valence-corrected chi connectivity index (χ0v) is 15.8. The van der Waals surface area contributed by atoms with Crippen LogP contribution in [0.5, 0.6) is 0 Å². The molecule has 0 radical (unpaired) electrons. The summed E-state index contributed by atoms with van der Waals surface area (Å²) in [6, 6.07) is 13.9. The topological polar surface area (TPSA) is 99.4 Å². The number of aromatic nitrogens is 4. The van der Waals surface area contributed by atoms with Gasteiger partial charge in [-0.3, -0.25) is 9.36 Å². The fraction of sp³-hybridized carbons (Fsp3) is 0.273. The first-order valence-corrected chi connectivity index (χ1v) is 9.78. The van der Waals surface area contributed by atoms with Gasteiger partial charge in [-0.1, -0.05) is 6.07 Å². The summed E-state index contributed by atoms with van der Waals surface area (Å²) in [6.07, 6.45) is 6.20. The maximum atomic E-state index is 12.7. The molecule has 0 spiro atoms. The van der Waals surface area contributed by atoms with Crippen molar-refractivity contribution in [3.8, 4) is 11.9 Å². The van der Waals surface area contributed by atoms with E-state index < -0.39 is 0 Å². The monoisotopic (exact) mass is 384 g/mol. The maximum absolute atomic E-state index is 12.7. The molecule has 5 rings (SSSR count). The van der Waals surface area contributed by atoms with Gasteiger partial charge in [-0.15, -0.1) is 0 Å². The van der Waals surface area contributed by atoms with Gasteiger partial charge in [0.1, 0.15) is 12.0 Å². The second kappa shape index (κ2) is 7.15. The molecule has 1 aromatic carbocycles. The van der Waals surface area contributed by atoms with Crippen molar-refractivity contribution in [2.45, 2.75) is 31.8 Å². The Labute approximate surface area is 167 Å². The number of hydrogen-bond acceptors (Lipinski definition) is 5. The SMILES string of the molecule is N#CCC(NCc1ccc2c(ccc(=O)n2-c2ncnc3[nH]ccc23)c1)C1CC1. The van der Waals surface area contributed by atoms with Gasteiger partial charge < -0.3 is 10.3 Å². The zero-order valence-electron chi connectivity index (χ0n) is 15.8. The highest BCUT2D eigenvalue weighted by molar-refractivity contribution is 5.87. The van der Waals surface area contributed by atoms with Gasteiger partial charge in [-0.25, -0.2) is 9.97 Å². The van der Waals surface area contributed by atoms with Crippen LogP contribution in [-0.4, -0.2) is 25.6 Å². The average molecular weight is 384 g/mol. The van der Waals surface area contributed by atoms with Crippen LogP contribution >= 0.6 is 0 Å². The molecular formula is C22H20N6O. The van der Waals surface area contributed by atoms with Crippen molar-refractivity contribution in [1.29, 1.82) is 5.26 Å². The number of hydrogen-bond donors (Lipinski definition) is 2. The van der Waals surface area contributed by atoms with Crippen LogP contribution in [0, 0.1) is 17.2 Å². The van der Waals surface area contributed by atoms with Crippen LogP contribution in [0.3, 0.4) is 0 Å². The molecule has 0 amide bonds. The molecule has 144 valence electrons. The highest BCUT2D eigenvalue weighted by Gasteiger charge is 2.30. The van der Waals surface area contributed by atoms with Crippen molar-refractivity contribution in [2.75, 3.05) is 0 Å². The Morgan fingerprint density at radius 2 is 2.14 bits per heavy atom. The number of rotatable bonds is 6. The summed E-state index contributed by atoms with van der Waals surface area (Å²) in [5.41, 5.74) is 2.50. The third-order valence-electron chi connectivity index (χ3n) is 5.57. The first-order chi connectivity index (χ1) is 14.2. The van der Waals surface area contributed by atoms with E-state index in [0.29, 0.717) is 30.3 Å². The van der Waals surface area contributed by atoms with E-state index in [0.717, 1.165) is 21.9 Å². The molecule has 0 bridgehead atoms. The van der Waals surface area contributed by atoms with Crippen molar-refractivity contribution in [3.05, 3.63) is 64.8 Å². The number of fused-ring (bicyclic) bond motifs is 2. The van der Waals surface area contributed by atoms with E-state index in [2.05, 4.69) is 32.4 Å².